The molecule has 1 aromatic carbocycles. The first-order valence-electron chi connectivity index (χ1n) is 5.62. The highest BCUT2D eigenvalue weighted by molar-refractivity contribution is 5.75. The van der Waals surface area contributed by atoms with Gasteiger partial charge in [0.25, 0.3) is 0 Å². The van der Waals surface area contributed by atoms with E-state index in [2.05, 4.69) is 10.6 Å². The van der Waals surface area contributed by atoms with Gasteiger partial charge in [-0.25, -0.2) is 9.18 Å². The van der Waals surface area contributed by atoms with Crippen LogP contribution in [-0.4, -0.2) is 23.8 Å². The second-order valence-corrected chi connectivity index (χ2v) is 4.18. The average Bonchev–Trinajstić information content (AvgIpc) is 3.11. The van der Waals surface area contributed by atoms with E-state index in [0.717, 1.165) is 12.8 Å². The van der Waals surface area contributed by atoms with Crippen molar-refractivity contribution >= 4 is 6.03 Å². The summed E-state index contributed by atoms with van der Waals surface area (Å²) in [6.07, 6.45) is 2.02. The first-order valence-corrected chi connectivity index (χ1v) is 5.62. The van der Waals surface area contributed by atoms with Crippen LogP contribution >= 0.6 is 0 Å². The molecule has 4 nitrogen and oxygen atoms in total. The maximum atomic E-state index is 12.7. The van der Waals surface area contributed by atoms with Crippen LogP contribution in [0.3, 0.4) is 0 Å². The highest BCUT2D eigenvalue weighted by Gasteiger charge is 2.24. The Hall–Kier alpha value is -1.62. The molecule has 1 aliphatic rings. The van der Waals surface area contributed by atoms with Gasteiger partial charge in [-0.1, -0.05) is 12.1 Å². The SMILES string of the molecule is O=C(NC1CC1)N[C@@H](CO)c1ccc(F)cc1. The van der Waals surface area contributed by atoms with E-state index in [9.17, 15) is 14.3 Å². The van der Waals surface area contributed by atoms with E-state index < -0.39 is 6.04 Å². The van der Waals surface area contributed by atoms with E-state index in [1.807, 2.05) is 0 Å². The van der Waals surface area contributed by atoms with Crippen molar-refractivity contribution in [2.75, 3.05) is 6.61 Å². The molecule has 1 atom stereocenters. The zero-order valence-electron chi connectivity index (χ0n) is 9.32. The van der Waals surface area contributed by atoms with Gasteiger partial charge in [-0.2, -0.15) is 0 Å². The van der Waals surface area contributed by atoms with E-state index in [1.54, 1.807) is 12.1 Å². The molecule has 0 bridgehead atoms. The molecule has 0 saturated heterocycles. The zero-order chi connectivity index (χ0) is 12.3. The summed E-state index contributed by atoms with van der Waals surface area (Å²) in [7, 11) is 0. The lowest BCUT2D eigenvalue weighted by molar-refractivity contribution is 0.216. The molecule has 92 valence electrons. The number of hydrogen-bond donors (Lipinski definition) is 3. The molecule has 0 heterocycles. The fourth-order valence-electron chi connectivity index (χ4n) is 1.54. The third-order valence-corrected chi connectivity index (χ3v) is 2.67. The van der Waals surface area contributed by atoms with Gasteiger partial charge in [-0.15, -0.1) is 0 Å². The lowest BCUT2D eigenvalue weighted by Gasteiger charge is -2.17. The van der Waals surface area contributed by atoms with Crippen LogP contribution in [-0.2, 0) is 0 Å². The Morgan fingerprint density at radius 1 is 1.41 bits per heavy atom. The van der Waals surface area contributed by atoms with E-state index in [4.69, 9.17) is 0 Å². The minimum absolute atomic E-state index is 0.219. The van der Waals surface area contributed by atoms with Crippen molar-refractivity contribution in [3.8, 4) is 0 Å². The topological polar surface area (TPSA) is 61.4 Å². The maximum absolute atomic E-state index is 12.7. The number of aliphatic hydroxyl groups is 1. The Bertz CT molecular complexity index is 390. The van der Waals surface area contributed by atoms with Gasteiger partial charge in [0.1, 0.15) is 5.82 Å². The Labute approximate surface area is 98.8 Å². The van der Waals surface area contributed by atoms with Gasteiger partial charge in [0.15, 0.2) is 0 Å². The summed E-state index contributed by atoms with van der Waals surface area (Å²) in [6.45, 7) is -0.219. The normalized spacial score (nSPS) is 16.4. The molecule has 2 amide bonds. The molecule has 17 heavy (non-hydrogen) atoms. The molecule has 0 aliphatic heterocycles. The van der Waals surface area contributed by atoms with Crippen molar-refractivity contribution < 1.29 is 14.3 Å². The number of urea groups is 1. The standard InChI is InChI=1S/C12H15FN2O2/c13-9-3-1-8(2-4-9)11(7-16)15-12(17)14-10-5-6-10/h1-4,10-11,16H,5-7H2,(H2,14,15,17)/t11-/m0/s1. The summed E-state index contributed by atoms with van der Waals surface area (Å²) >= 11 is 0. The minimum Gasteiger partial charge on any atom is -0.394 e. The largest absolute Gasteiger partial charge is 0.394 e. The van der Waals surface area contributed by atoms with Gasteiger partial charge in [-0.05, 0) is 30.5 Å². The van der Waals surface area contributed by atoms with E-state index in [-0.39, 0.29) is 24.5 Å². The Morgan fingerprint density at radius 3 is 2.59 bits per heavy atom. The van der Waals surface area contributed by atoms with Gasteiger partial charge >= 0.3 is 6.03 Å². The molecule has 0 aromatic heterocycles. The number of nitrogens with one attached hydrogen (secondary N) is 2. The molecule has 2 rings (SSSR count). The molecule has 3 N–H and O–H groups in total. The average molecular weight is 238 g/mol. The molecule has 1 aliphatic carbocycles. The predicted octanol–water partition coefficient (Wildman–Crippen LogP) is 1.32. The van der Waals surface area contributed by atoms with Gasteiger partial charge < -0.3 is 15.7 Å². The van der Waals surface area contributed by atoms with Gasteiger partial charge in [0.05, 0.1) is 12.6 Å². The molecular formula is C12H15FN2O2. The van der Waals surface area contributed by atoms with E-state index in [1.165, 1.54) is 12.1 Å². The van der Waals surface area contributed by atoms with Crippen LogP contribution in [0.1, 0.15) is 24.4 Å². The molecule has 0 unspecified atom stereocenters. The Morgan fingerprint density at radius 2 is 2.06 bits per heavy atom. The monoisotopic (exact) mass is 238 g/mol. The minimum atomic E-state index is -0.505. The van der Waals surface area contributed by atoms with Gasteiger partial charge in [0, 0.05) is 6.04 Å². The number of halogens is 1. The first-order chi connectivity index (χ1) is 8.19. The van der Waals surface area contributed by atoms with Crippen molar-refractivity contribution in [3.05, 3.63) is 35.6 Å². The van der Waals surface area contributed by atoms with Crippen molar-refractivity contribution in [3.63, 3.8) is 0 Å². The molecule has 1 aromatic rings. The van der Waals surface area contributed by atoms with Gasteiger partial charge in [-0.3, -0.25) is 0 Å². The molecule has 1 saturated carbocycles. The second-order valence-electron chi connectivity index (χ2n) is 4.18. The van der Waals surface area contributed by atoms with Crippen molar-refractivity contribution in [2.45, 2.75) is 24.9 Å². The number of amides is 2. The smallest absolute Gasteiger partial charge is 0.315 e. The maximum Gasteiger partial charge on any atom is 0.315 e. The fraction of sp³-hybridized carbons (Fsp3) is 0.417. The van der Waals surface area contributed by atoms with E-state index >= 15 is 0 Å². The lowest BCUT2D eigenvalue weighted by atomic mass is 10.1. The van der Waals surface area contributed by atoms with Crippen LogP contribution in [0, 0.1) is 5.82 Å². The summed E-state index contributed by atoms with van der Waals surface area (Å²) in [5, 5.41) is 14.6. The van der Waals surface area contributed by atoms with Crippen molar-refractivity contribution in [2.24, 2.45) is 0 Å². The Kier molecular flexibility index (Phi) is 3.58. The van der Waals surface area contributed by atoms with Crippen LogP contribution in [0.2, 0.25) is 0 Å². The zero-order valence-corrected chi connectivity index (χ0v) is 9.32. The Balaban J connectivity index is 1.94. The third-order valence-electron chi connectivity index (χ3n) is 2.67. The van der Waals surface area contributed by atoms with Crippen molar-refractivity contribution in [1.82, 2.24) is 10.6 Å². The third kappa shape index (κ3) is 3.42. The summed E-state index contributed by atoms with van der Waals surface area (Å²) in [5.41, 5.74) is 0.680. The molecule has 1 fully saturated rings. The highest BCUT2D eigenvalue weighted by atomic mass is 19.1. The number of benzene rings is 1. The van der Waals surface area contributed by atoms with Crippen LogP contribution in [0.4, 0.5) is 9.18 Å². The summed E-state index contributed by atoms with van der Waals surface area (Å²) in [6, 6.07) is 5.17. The highest BCUT2D eigenvalue weighted by Crippen LogP contribution is 2.19. The van der Waals surface area contributed by atoms with E-state index in [0.29, 0.717) is 5.56 Å². The fourth-order valence-corrected chi connectivity index (χ4v) is 1.54. The van der Waals surface area contributed by atoms with Crippen LogP contribution < -0.4 is 10.6 Å². The van der Waals surface area contributed by atoms with Crippen LogP contribution in [0.5, 0.6) is 0 Å². The molecule has 0 spiro atoms. The van der Waals surface area contributed by atoms with Gasteiger partial charge in [0.2, 0.25) is 0 Å². The first kappa shape index (κ1) is 11.9. The van der Waals surface area contributed by atoms with Crippen LogP contribution in [0.15, 0.2) is 24.3 Å². The summed E-state index contributed by atoms with van der Waals surface area (Å²) < 4.78 is 12.7. The number of rotatable bonds is 4. The second kappa shape index (κ2) is 5.14. The molecular weight excluding hydrogens is 223 g/mol. The predicted molar refractivity (Wildman–Crippen MR) is 60.9 cm³/mol. The molecule has 0 radical (unpaired) electrons. The quantitative estimate of drug-likeness (QED) is 0.741. The van der Waals surface area contributed by atoms with Crippen molar-refractivity contribution in [1.29, 1.82) is 0 Å². The number of aliphatic hydroxyl groups excluding tert-OH is 1. The molecule has 5 heteroatoms. The number of carbonyl (C=O) groups is 1. The summed E-state index contributed by atoms with van der Waals surface area (Å²) in [4.78, 5) is 11.5. The summed E-state index contributed by atoms with van der Waals surface area (Å²) in [5.74, 6) is -0.340. The number of carbonyl (C=O) groups excluding carboxylic acids is 1. The lowest BCUT2D eigenvalue weighted by Crippen LogP contribution is -2.40. The van der Waals surface area contributed by atoms with Crippen LogP contribution in [0.25, 0.3) is 0 Å². The number of hydrogen-bond acceptors (Lipinski definition) is 2.